The number of benzene rings is 1. The number of ether oxygens (including phenoxy) is 1. The van der Waals surface area contributed by atoms with Crippen molar-refractivity contribution in [1.29, 1.82) is 0 Å². The highest BCUT2D eigenvalue weighted by molar-refractivity contribution is 7.10. The van der Waals surface area contributed by atoms with Gasteiger partial charge < -0.3 is 10.1 Å². The molecule has 2 heterocycles. The first-order valence-electron chi connectivity index (χ1n) is 5.98. The van der Waals surface area contributed by atoms with E-state index in [1.807, 2.05) is 17.5 Å². The fraction of sp³-hybridized carbons (Fsp3) is 0.308. The minimum absolute atomic E-state index is 0.0328. The predicted octanol–water partition coefficient (Wildman–Crippen LogP) is 3.78. The molecule has 3 rings (SSSR count). The molecular formula is C13H12Cl2N2OS. The predicted molar refractivity (Wildman–Crippen MR) is 79.1 cm³/mol. The summed E-state index contributed by atoms with van der Waals surface area (Å²) in [7, 11) is 0. The quantitative estimate of drug-likeness (QED) is 0.916. The van der Waals surface area contributed by atoms with Crippen molar-refractivity contribution in [3.05, 3.63) is 38.6 Å². The van der Waals surface area contributed by atoms with Crippen LogP contribution in [0.2, 0.25) is 10.0 Å². The van der Waals surface area contributed by atoms with Crippen LogP contribution in [-0.2, 0) is 4.74 Å². The van der Waals surface area contributed by atoms with Crippen LogP contribution in [0.4, 0.5) is 0 Å². The Morgan fingerprint density at radius 1 is 1.37 bits per heavy atom. The number of hydrogen-bond acceptors (Lipinski definition) is 4. The van der Waals surface area contributed by atoms with Gasteiger partial charge in [-0.2, -0.15) is 0 Å². The molecule has 100 valence electrons. The third-order valence-electron chi connectivity index (χ3n) is 2.95. The Labute approximate surface area is 125 Å². The van der Waals surface area contributed by atoms with Crippen LogP contribution in [0.25, 0.3) is 11.3 Å². The molecule has 0 saturated carbocycles. The average molecular weight is 315 g/mol. The molecule has 0 amide bonds. The lowest BCUT2D eigenvalue weighted by molar-refractivity contribution is 0.0276. The van der Waals surface area contributed by atoms with Crippen molar-refractivity contribution in [3.8, 4) is 11.3 Å². The average Bonchev–Trinajstić information content (AvgIpc) is 2.92. The highest BCUT2D eigenvalue weighted by Crippen LogP contribution is 2.35. The van der Waals surface area contributed by atoms with Crippen molar-refractivity contribution >= 4 is 34.5 Å². The van der Waals surface area contributed by atoms with E-state index >= 15 is 0 Å². The number of hydrogen-bond donors (Lipinski definition) is 1. The molecule has 1 N–H and O–H groups in total. The summed E-state index contributed by atoms with van der Waals surface area (Å²) in [6, 6.07) is 5.57. The van der Waals surface area contributed by atoms with Gasteiger partial charge in [0, 0.05) is 24.0 Å². The van der Waals surface area contributed by atoms with Gasteiger partial charge in [0.05, 0.1) is 22.3 Å². The second-order valence-electron chi connectivity index (χ2n) is 4.24. The van der Waals surface area contributed by atoms with Gasteiger partial charge >= 0.3 is 0 Å². The van der Waals surface area contributed by atoms with E-state index in [4.69, 9.17) is 27.9 Å². The summed E-state index contributed by atoms with van der Waals surface area (Å²) in [6.07, 6.45) is 0.0328. The molecule has 1 aliphatic rings. The maximum atomic E-state index is 6.21. The van der Waals surface area contributed by atoms with Crippen molar-refractivity contribution in [2.24, 2.45) is 0 Å². The minimum Gasteiger partial charge on any atom is -0.368 e. The number of morpholine rings is 1. The van der Waals surface area contributed by atoms with Crippen LogP contribution >= 0.6 is 34.5 Å². The molecular weight excluding hydrogens is 303 g/mol. The van der Waals surface area contributed by atoms with Crippen LogP contribution in [0.3, 0.4) is 0 Å². The van der Waals surface area contributed by atoms with Crippen molar-refractivity contribution in [2.45, 2.75) is 6.10 Å². The molecule has 1 fully saturated rings. The van der Waals surface area contributed by atoms with Gasteiger partial charge in [-0.3, -0.25) is 0 Å². The number of thiazole rings is 1. The van der Waals surface area contributed by atoms with Gasteiger partial charge in [0.15, 0.2) is 0 Å². The van der Waals surface area contributed by atoms with E-state index in [9.17, 15) is 0 Å². The zero-order valence-electron chi connectivity index (χ0n) is 10.0. The first kappa shape index (κ1) is 13.3. The lowest BCUT2D eigenvalue weighted by atomic mass is 10.2. The van der Waals surface area contributed by atoms with Crippen LogP contribution in [0.1, 0.15) is 11.1 Å². The van der Waals surface area contributed by atoms with Gasteiger partial charge in [-0.15, -0.1) is 11.3 Å². The smallest absolute Gasteiger partial charge is 0.124 e. The largest absolute Gasteiger partial charge is 0.368 e. The second kappa shape index (κ2) is 5.77. The van der Waals surface area contributed by atoms with Crippen molar-refractivity contribution < 1.29 is 4.74 Å². The van der Waals surface area contributed by atoms with E-state index in [2.05, 4.69) is 10.3 Å². The number of aromatic nitrogens is 1. The molecule has 1 aromatic heterocycles. The van der Waals surface area contributed by atoms with Crippen LogP contribution in [0, 0.1) is 0 Å². The Hall–Kier alpha value is -0.650. The van der Waals surface area contributed by atoms with Gasteiger partial charge in [-0.1, -0.05) is 35.3 Å². The van der Waals surface area contributed by atoms with Gasteiger partial charge in [0.25, 0.3) is 0 Å². The molecule has 19 heavy (non-hydrogen) atoms. The van der Waals surface area contributed by atoms with Gasteiger partial charge in [0.1, 0.15) is 11.1 Å². The van der Waals surface area contributed by atoms with Gasteiger partial charge in [-0.05, 0) is 6.07 Å². The number of rotatable bonds is 2. The molecule has 2 aromatic rings. The summed E-state index contributed by atoms with van der Waals surface area (Å²) in [5.74, 6) is 0. The third kappa shape index (κ3) is 2.78. The molecule has 0 bridgehead atoms. The standard InChI is InChI=1S/C13H12Cl2N2OS/c14-9-3-1-2-8(12(9)15)10-7-19-13(17-10)11-6-16-4-5-18-11/h1-3,7,11,16H,4-6H2. The molecule has 1 saturated heterocycles. The molecule has 0 aliphatic carbocycles. The molecule has 1 aliphatic heterocycles. The molecule has 1 aromatic carbocycles. The maximum absolute atomic E-state index is 6.21. The summed E-state index contributed by atoms with van der Waals surface area (Å²) >= 11 is 13.8. The Bertz CT molecular complexity index is 582. The normalized spacial score (nSPS) is 19.6. The van der Waals surface area contributed by atoms with Crippen LogP contribution in [0.5, 0.6) is 0 Å². The zero-order valence-corrected chi connectivity index (χ0v) is 12.4. The van der Waals surface area contributed by atoms with Crippen molar-refractivity contribution in [1.82, 2.24) is 10.3 Å². The molecule has 0 radical (unpaired) electrons. The van der Waals surface area contributed by atoms with Crippen molar-refractivity contribution in [3.63, 3.8) is 0 Å². The lowest BCUT2D eigenvalue weighted by Crippen LogP contribution is -2.33. The van der Waals surface area contributed by atoms with Crippen LogP contribution < -0.4 is 5.32 Å². The van der Waals surface area contributed by atoms with Crippen LogP contribution in [-0.4, -0.2) is 24.7 Å². The van der Waals surface area contributed by atoms with Crippen molar-refractivity contribution in [2.75, 3.05) is 19.7 Å². The Kier molecular flexibility index (Phi) is 4.05. The highest BCUT2D eigenvalue weighted by atomic mass is 35.5. The molecule has 0 spiro atoms. The van der Waals surface area contributed by atoms with E-state index in [0.717, 1.165) is 36.0 Å². The first-order chi connectivity index (χ1) is 9.25. The summed E-state index contributed by atoms with van der Waals surface area (Å²) in [5, 5.41) is 7.35. The van der Waals surface area contributed by atoms with E-state index < -0.39 is 0 Å². The first-order valence-corrected chi connectivity index (χ1v) is 7.61. The second-order valence-corrected chi connectivity index (χ2v) is 5.91. The van der Waals surface area contributed by atoms with Gasteiger partial charge in [0.2, 0.25) is 0 Å². The fourth-order valence-corrected chi connectivity index (χ4v) is 3.25. The summed E-state index contributed by atoms with van der Waals surface area (Å²) in [4.78, 5) is 4.62. The van der Waals surface area contributed by atoms with Crippen LogP contribution in [0.15, 0.2) is 23.6 Å². The van der Waals surface area contributed by atoms with E-state index in [-0.39, 0.29) is 6.10 Å². The minimum atomic E-state index is 0.0328. The van der Waals surface area contributed by atoms with Gasteiger partial charge in [-0.25, -0.2) is 4.98 Å². The molecule has 3 nitrogen and oxygen atoms in total. The maximum Gasteiger partial charge on any atom is 0.124 e. The zero-order chi connectivity index (χ0) is 13.2. The number of nitrogens with zero attached hydrogens (tertiary/aromatic N) is 1. The summed E-state index contributed by atoms with van der Waals surface area (Å²) in [6.45, 7) is 2.42. The molecule has 1 atom stereocenters. The lowest BCUT2D eigenvalue weighted by Gasteiger charge is -2.21. The highest BCUT2D eigenvalue weighted by Gasteiger charge is 2.20. The van der Waals surface area contributed by atoms with E-state index in [0.29, 0.717) is 10.0 Å². The molecule has 1 unspecified atom stereocenters. The third-order valence-corrected chi connectivity index (χ3v) is 4.71. The van der Waals surface area contributed by atoms with E-state index in [1.54, 1.807) is 17.4 Å². The Morgan fingerprint density at radius 3 is 3.05 bits per heavy atom. The Morgan fingerprint density at radius 2 is 2.26 bits per heavy atom. The summed E-state index contributed by atoms with van der Waals surface area (Å²) in [5.41, 5.74) is 1.71. The summed E-state index contributed by atoms with van der Waals surface area (Å²) < 4.78 is 5.69. The molecule has 6 heteroatoms. The SMILES string of the molecule is Clc1cccc(-c2csc(C3CNCCO3)n2)c1Cl. The number of halogens is 2. The number of nitrogens with one attached hydrogen (secondary N) is 1. The fourth-order valence-electron chi connectivity index (χ4n) is 1.98. The Balaban J connectivity index is 1.90. The topological polar surface area (TPSA) is 34.1 Å². The monoisotopic (exact) mass is 314 g/mol. The van der Waals surface area contributed by atoms with E-state index in [1.165, 1.54) is 0 Å².